The third-order valence-electron chi connectivity index (χ3n) is 7.29. The minimum atomic E-state index is -0.192. The molecule has 1 fully saturated rings. The molecule has 3 heterocycles. The zero-order valence-electron chi connectivity index (χ0n) is 21.9. The lowest BCUT2D eigenvalue weighted by molar-refractivity contribution is 0.268. The van der Waals surface area contributed by atoms with Gasteiger partial charge in [-0.3, -0.25) is 4.68 Å². The third kappa shape index (κ3) is 5.36. The van der Waals surface area contributed by atoms with Crippen LogP contribution in [-0.2, 0) is 20.3 Å². The standard InChI is InChI=1S/C32H31FN4O2/c1-37-31-26(13-12-25(29(31)33)24-16-18-34-19-17-24)30(36-37)27-14-15-28(38-20-22-8-4-2-5-9-22)35-32(27)39-21-23-10-6-3-7-11-23/h2-15,24,34H,16-21H2,1H3. The van der Waals surface area contributed by atoms with Crippen molar-refractivity contribution in [3.63, 3.8) is 0 Å². The van der Waals surface area contributed by atoms with E-state index in [-0.39, 0.29) is 11.7 Å². The molecule has 39 heavy (non-hydrogen) atoms. The summed E-state index contributed by atoms with van der Waals surface area (Å²) in [6, 6.07) is 27.5. The molecule has 0 unspecified atom stereocenters. The van der Waals surface area contributed by atoms with E-state index in [1.54, 1.807) is 11.7 Å². The quantitative estimate of drug-likeness (QED) is 0.256. The van der Waals surface area contributed by atoms with Gasteiger partial charge in [0.15, 0.2) is 5.82 Å². The molecular formula is C32H31FN4O2. The van der Waals surface area contributed by atoms with Crippen molar-refractivity contribution in [2.75, 3.05) is 13.1 Å². The highest BCUT2D eigenvalue weighted by atomic mass is 19.1. The first-order valence-corrected chi connectivity index (χ1v) is 13.4. The molecular weight excluding hydrogens is 491 g/mol. The second kappa shape index (κ2) is 11.3. The van der Waals surface area contributed by atoms with E-state index in [9.17, 15) is 0 Å². The first-order chi connectivity index (χ1) is 19.2. The number of piperidine rings is 1. The van der Waals surface area contributed by atoms with Crippen molar-refractivity contribution in [2.24, 2.45) is 7.05 Å². The van der Waals surface area contributed by atoms with Crippen molar-refractivity contribution in [3.05, 3.63) is 107 Å². The Morgan fingerprint density at radius 1 is 0.846 bits per heavy atom. The van der Waals surface area contributed by atoms with E-state index in [4.69, 9.17) is 19.6 Å². The Bertz CT molecular complexity index is 1560. The summed E-state index contributed by atoms with van der Waals surface area (Å²) in [5.41, 5.74) is 4.66. The average molecular weight is 523 g/mol. The summed E-state index contributed by atoms with van der Waals surface area (Å²) >= 11 is 0. The van der Waals surface area contributed by atoms with Gasteiger partial charge in [0.05, 0.1) is 5.56 Å². The number of pyridine rings is 1. The maximum atomic E-state index is 15.9. The topological polar surface area (TPSA) is 61.2 Å². The Morgan fingerprint density at radius 3 is 2.21 bits per heavy atom. The molecule has 5 aromatic rings. The van der Waals surface area contributed by atoms with Crippen LogP contribution in [0.1, 0.15) is 35.4 Å². The van der Waals surface area contributed by atoms with E-state index in [1.807, 2.05) is 84.9 Å². The number of hydrogen-bond donors (Lipinski definition) is 1. The number of aryl methyl sites for hydroxylation is 1. The monoisotopic (exact) mass is 522 g/mol. The molecule has 6 rings (SSSR count). The molecule has 1 aliphatic rings. The van der Waals surface area contributed by atoms with Crippen molar-refractivity contribution in [1.29, 1.82) is 0 Å². The highest BCUT2D eigenvalue weighted by Crippen LogP contribution is 2.38. The first-order valence-electron chi connectivity index (χ1n) is 13.4. The second-order valence-corrected chi connectivity index (χ2v) is 9.91. The zero-order chi connectivity index (χ0) is 26.6. The summed E-state index contributed by atoms with van der Waals surface area (Å²) in [5, 5.41) is 8.84. The maximum Gasteiger partial charge on any atom is 0.226 e. The number of nitrogens with zero attached hydrogens (tertiary/aromatic N) is 3. The highest BCUT2D eigenvalue weighted by molar-refractivity contribution is 5.95. The molecule has 0 bridgehead atoms. The molecule has 1 N–H and O–H groups in total. The van der Waals surface area contributed by atoms with Crippen molar-refractivity contribution >= 4 is 10.9 Å². The van der Waals surface area contributed by atoms with Gasteiger partial charge in [0, 0.05) is 18.5 Å². The number of fused-ring (bicyclic) bond motifs is 1. The molecule has 0 saturated carbocycles. The van der Waals surface area contributed by atoms with Gasteiger partial charge in [-0.1, -0.05) is 72.8 Å². The summed E-state index contributed by atoms with van der Waals surface area (Å²) in [5.74, 6) is 0.863. The van der Waals surface area contributed by atoms with E-state index >= 15 is 4.39 Å². The van der Waals surface area contributed by atoms with Crippen LogP contribution in [0.4, 0.5) is 4.39 Å². The Hall–Kier alpha value is -4.23. The number of aromatic nitrogens is 3. The molecule has 7 heteroatoms. The van der Waals surface area contributed by atoms with Gasteiger partial charge in [-0.25, -0.2) is 4.39 Å². The third-order valence-corrected chi connectivity index (χ3v) is 7.29. The molecule has 3 aromatic carbocycles. The number of ether oxygens (including phenoxy) is 2. The summed E-state index contributed by atoms with van der Waals surface area (Å²) in [6.45, 7) is 2.54. The Labute approximate surface area is 227 Å². The van der Waals surface area contributed by atoms with Crippen molar-refractivity contribution in [1.82, 2.24) is 20.1 Å². The van der Waals surface area contributed by atoms with Crippen molar-refractivity contribution in [2.45, 2.75) is 32.0 Å². The fraction of sp³-hybridized carbons (Fsp3) is 0.250. The molecule has 0 amide bonds. The molecule has 0 radical (unpaired) electrons. The van der Waals surface area contributed by atoms with Crippen LogP contribution in [0.3, 0.4) is 0 Å². The average Bonchev–Trinajstić information content (AvgIpc) is 3.33. The SMILES string of the molecule is Cn1nc(-c2ccc(OCc3ccccc3)nc2OCc2ccccc2)c2ccc(C3CCNCC3)c(F)c21. The van der Waals surface area contributed by atoms with Crippen LogP contribution in [-0.4, -0.2) is 27.9 Å². The summed E-state index contributed by atoms with van der Waals surface area (Å²) in [7, 11) is 1.79. The molecule has 0 spiro atoms. The second-order valence-electron chi connectivity index (χ2n) is 9.91. The van der Waals surface area contributed by atoms with Gasteiger partial charge in [-0.2, -0.15) is 10.1 Å². The number of rotatable bonds is 8. The van der Waals surface area contributed by atoms with Gasteiger partial charge in [-0.05, 0) is 54.6 Å². The van der Waals surface area contributed by atoms with Crippen LogP contribution in [0.2, 0.25) is 0 Å². The van der Waals surface area contributed by atoms with E-state index < -0.39 is 0 Å². The first kappa shape index (κ1) is 25.1. The molecule has 198 valence electrons. The predicted molar refractivity (Wildman–Crippen MR) is 150 cm³/mol. The van der Waals surface area contributed by atoms with Crippen LogP contribution >= 0.6 is 0 Å². The van der Waals surface area contributed by atoms with Gasteiger partial charge in [-0.15, -0.1) is 0 Å². The molecule has 1 aliphatic heterocycles. The lowest BCUT2D eigenvalue weighted by Crippen LogP contribution is -2.27. The fourth-order valence-electron chi connectivity index (χ4n) is 5.24. The zero-order valence-corrected chi connectivity index (χ0v) is 21.9. The molecule has 0 aliphatic carbocycles. The van der Waals surface area contributed by atoms with Crippen LogP contribution in [0.5, 0.6) is 11.8 Å². The van der Waals surface area contributed by atoms with E-state index in [0.29, 0.717) is 41.7 Å². The summed E-state index contributed by atoms with van der Waals surface area (Å²) in [6.07, 6.45) is 1.86. The van der Waals surface area contributed by atoms with E-state index in [1.165, 1.54) is 0 Å². The van der Waals surface area contributed by atoms with Crippen molar-refractivity contribution in [3.8, 4) is 23.0 Å². The lowest BCUT2D eigenvalue weighted by Gasteiger charge is -2.23. The van der Waals surface area contributed by atoms with E-state index in [0.717, 1.165) is 48.0 Å². The highest BCUT2D eigenvalue weighted by Gasteiger charge is 2.25. The van der Waals surface area contributed by atoms with Gasteiger partial charge in [0.2, 0.25) is 11.8 Å². The largest absolute Gasteiger partial charge is 0.473 e. The van der Waals surface area contributed by atoms with Gasteiger partial charge < -0.3 is 14.8 Å². The van der Waals surface area contributed by atoms with Crippen LogP contribution in [0, 0.1) is 5.82 Å². The van der Waals surface area contributed by atoms with Crippen LogP contribution in [0.25, 0.3) is 22.2 Å². The normalized spacial score (nSPS) is 14.0. The molecule has 6 nitrogen and oxygen atoms in total. The lowest BCUT2D eigenvalue weighted by atomic mass is 9.89. The van der Waals surface area contributed by atoms with Crippen molar-refractivity contribution < 1.29 is 13.9 Å². The Balaban J connectivity index is 1.37. The van der Waals surface area contributed by atoms with Crippen LogP contribution < -0.4 is 14.8 Å². The minimum absolute atomic E-state index is 0.192. The number of nitrogens with one attached hydrogen (secondary N) is 1. The van der Waals surface area contributed by atoms with Gasteiger partial charge in [0.25, 0.3) is 0 Å². The maximum absolute atomic E-state index is 15.9. The molecule has 1 saturated heterocycles. The summed E-state index contributed by atoms with van der Waals surface area (Å²) < 4.78 is 29.7. The predicted octanol–water partition coefficient (Wildman–Crippen LogP) is 6.40. The van der Waals surface area contributed by atoms with Gasteiger partial charge >= 0.3 is 0 Å². The smallest absolute Gasteiger partial charge is 0.226 e. The van der Waals surface area contributed by atoms with E-state index in [2.05, 4.69) is 5.32 Å². The minimum Gasteiger partial charge on any atom is -0.473 e. The summed E-state index contributed by atoms with van der Waals surface area (Å²) in [4.78, 5) is 4.71. The Kier molecular flexibility index (Phi) is 7.23. The fourth-order valence-corrected chi connectivity index (χ4v) is 5.24. The molecule has 0 atom stereocenters. The Morgan fingerprint density at radius 2 is 1.51 bits per heavy atom. The number of halogens is 1. The number of benzene rings is 3. The van der Waals surface area contributed by atoms with Gasteiger partial charge in [0.1, 0.15) is 24.4 Å². The molecule has 2 aromatic heterocycles. The van der Waals surface area contributed by atoms with Crippen LogP contribution in [0.15, 0.2) is 84.9 Å². The number of hydrogen-bond acceptors (Lipinski definition) is 5.